The summed E-state index contributed by atoms with van der Waals surface area (Å²) in [5.74, 6) is 0.939. The van der Waals surface area contributed by atoms with Crippen LogP contribution in [0, 0.1) is 5.92 Å². The lowest BCUT2D eigenvalue weighted by atomic mass is 10.0. The maximum absolute atomic E-state index is 12.5. The highest BCUT2D eigenvalue weighted by atomic mass is 35.5. The third-order valence-electron chi connectivity index (χ3n) is 4.16. The first-order valence-corrected chi connectivity index (χ1v) is 8.12. The Balaban J connectivity index is 0.00000242. The van der Waals surface area contributed by atoms with Gasteiger partial charge in [0.2, 0.25) is 5.91 Å². The van der Waals surface area contributed by atoms with Gasteiger partial charge in [0.15, 0.2) is 0 Å². The number of halogens is 1. The second-order valence-electron chi connectivity index (χ2n) is 6.53. The summed E-state index contributed by atoms with van der Waals surface area (Å²) in [4.78, 5) is 14.5. The second kappa shape index (κ2) is 9.16. The molecule has 2 rings (SSSR count). The molecule has 124 valence electrons. The van der Waals surface area contributed by atoms with E-state index in [2.05, 4.69) is 48.3 Å². The van der Waals surface area contributed by atoms with Crippen LogP contribution in [0.2, 0.25) is 0 Å². The van der Waals surface area contributed by atoms with Crippen LogP contribution >= 0.6 is 12.4 Å². The first-order chi connectivity index (χ1) is 10.1. The smallest absolute Gasteiger partial charge is 0.227 e. The number of rotatable bonds is 6. The number of likely N-dealkylation sites (tertiary alicyclic amines) is 1. The number of likely N-dealkylation sites (N-methyl/N-ethyl adjacent to an activating group) is 1. The molecule has 1 unspecified atom stereocenters. The van der Waals surface area contributed by atoms with Gasteiger partial charge in [0.25, 0.3) is 0 Å². The molecule has 1 N–H and O–H groups in total. The molecule has 1 aliphatic rings. The Kier molecular flexibility index (Phi) is 7.91. The fourth-order valence-electron chi connectivity index (χ4n) is 3.15. The third-order valence-corrected chi connectivity index (χ3v) is 4.16. The van der Waals surface area contributed by atoms with Gasteiger partial charge >= 0.3 is 0 Å². The van der Waals surface area contributed by atoms with Crippen LogP contribution in [0.25, 0.3) is 0 Å². The average Bonchev–Trinajstić information content (AvgIpc) is 2.89. The van der Waals surface area contributed by atoms with Crippen molar-refractivity contribution < 1.29 is 4.79 Å². The van der Waals surface area contributed by atoms with Crippen LogP contribution in [0.5, 0.6) is 0 Å². The van der Waals surface area contributed by atoms with Gasteiger partial charge in [0.1, 0.15) is 0 Å². The van der Waals surface area contributed by atoms with Crippen molar-refractivity contribution in [3.05, 3.63) is 35.4 Å². The predicted molar refractivity (Wildman–Crippen MR) is 94.6 cm³/mol. The van der Waals surface area contributed by atoms with Gasteiger partial charge in [-0.05, 0) is 43.4 Å². The number of hydrogen-bond donors (Lipinski definition) is 1. The van der Waals surface area contributed by atoms with Crippen molar-refractivity contribution in [2.75, 3.05) is 20.1 Å². The standard InChI is InChI=1S/C18H28N2O.ClH/c1-14(2)11-15-6-8-16(9-7-15)12-18(21)20-10-4-5-17(20)13-19-3;/h6-9,14,17,19H,4-5,10-13H2,1-3H3;1H. The lowest BCUT2D eigenvalue weighted by Crippen LogP contribution is -2.41. The molecular formula is C18H29ClN2O. The molecule has 0 radical (unpaired) electrons. The van der Waals surface area contributed by atoms with Crippen molar-refractivity contribution in [1.29, 1.82) is 0 Å². The van der Waals surface area contributed by atoms with Crippen LogP contribution in [0.3, 0.4) is 0 Å². The van der Waals surface area contributed by atoms with Crippen molar-refractivity contribution in [2.24, 2.45) is 5.92 Å². The number of amides is 1. The van der Waals surface area contributed by atoms with Gasteiger partial charge in [0.05, 0.1) is 6.42 Å². The molecule has 1 aromatic carbocycles. The van der Waals surface area contributed by atoms with Gasteiger partial charge in [-0.3, -0.25) is 4.79 Å². The lowest BCUT2D eigenvalue weighted by molar-refractivity contribution is -0.131. The highest BCUT2D eigenvalue weighted by molar-refractivity contribution is 5.85. The quantitative estimate of drug-likeness (QED) is 0.872. The van der Waals surface area contributed by atoms with Gasteiger partial charge in [0, 0.05) is 19.1 Å². The molecule has 0 spiro atoms. The Bertz CT molecular complexity index is 459. The van der Waals surface area contributed by atoms with Crippen LogP contribution in [-0.2, 0) is 17.6 Å². The molecule has 1 aliphatic heterocycles. The van der Waals surface area contributed by atoms with Crippen molar-refractivity contribution >= 4 is 18.3 Å². The zero-order valence-corrected chi connectivity index (χ0v) is 14.8. The van der Waals surface area contributed by atoms with Gasteiger partial charge in [-0.2, -0.15) is 0 Å². The Labute approximate surface area is 140 Å². The summed E-state index contributed by atoms with van der Waals surface area (Å²) in [6.45, 7) is 6.27. The van der Waals surface area contributed by atoms with Crippen LogP contribution in [-0.4, -0.2) is 37.0 Å². The first-order valence-electron chi connectivity index (χ1n) is 8.12. The van der Waals surface area contributed by atoms with Crippen LogP contribution in [0.4, 0.5) is 0 Å². The Morgan fingerprint density at radius 3 is 2.50 bits per heavy atom. The minimum absolute atomic E-state index is 0. The van der Waals surface area contributed by atoms with E-state index in [0.29, 0.717) is 18.4 Å². The molecule has 1 atom stereocenters. The molecular weight excluding hydrogens is 296 g/mol. The topological polar surface area (TPSA) is 32.3 Å². The number of nitrogens with zero attached hydrogens (tertiary/aromatic N) is 1. The van der Waals surface area contributed by atoms with Gasteiger partial charge < -0.3 is 10.2 Å². The normalized spacial score (nSPS) is 17.6. The highest BCUT2D eigenvalue weighted by Crippen LogP contribution is 2.18. The van der Waals surface area contributed by atoms with E-state index >= 15 is 0 Å². The van der Waals surface area contributed by atoms with Gasteiger partial charge in [-0.1, -0.05) is 38.1 Å². The summed E-state index contributed by atoms with van der Waals surface area (Å²) in [5, 5.41) is 3.19. The second-order valence-corrected chi connectivity index (χ2v) is 6.53. The molecule has 22 heavy (non-hydrogen) atoms. The van der Waals surface area contributed by atoms with Gasteiger partial charge in [-0.25, -0.2) is 0 Å². The lowest BCUT2D eigenvalue weighted by Gasteiger charge is -2.24. The fourth-order valence-corrected chi connectivity index (χ4v) is 3.15. The zero-order chi connectivity index (χ0) is 15.2. The number of carbonyl (C=O) groups is 1. The summed E-state index contributed by atoms with van der Waals surface area (Å²) in [7, 11) is 1.95. The van der Waals surface area contributed by atoms with Gasteiger partial charge in [-0.15, -0.1) is 12.4 Å². The molecule has 0 aromatic heterocycles. The number of carbonyl (C=O) groups excluding carboxylic acids is 1. The van der Waals surface area contributed by atoms with Crippen LogP contribution in [0.15, 0.2) is 24.3 Å². The summed E-state index contributed by atoms with van der Waals surface area (Å²) in [6.07, 6.45) is 3.89. The van der Waals surface area contributed by atoms with E-state index in [0.717, 1.165) is 37.9 Å². The molecule has 4 heteroatoms. The van der Waals surface area contributed by atoms with Crippen molar-refractivity contribution in [1.82, 2.24) is 10.2 Å². The van der Waals surface area contributed by atoms with E-state index in [1.165, 1.54) is 5.56 Å². The predicted octanol–water partition coefficient (Wildman–Crippen LogP) is 3.06. The Morgan fingerprint density at radius 1 is 1.27 bits per heavy atom. The van der Waals surface area contributed by atoms with Crippen LogP contribution < -0.4 is 5.32 Å². The molecule has 1 aromatic rings. The molecule has 1 saturated heterocycles. The highest BCUT2D eigenvalue weighted by Gasteiger charge is 2.27. The largest absolute Gasteiger partial charge is 0.338 e. The molecule has 1 heterocycles. The Morgan fingerprint density at radius 2 is 1.91 bits per heavy atom. The maximum Gasteiger partial charge on any atom is 0.227 e. The van der Waals surface area contributed by atoms with E-state index in [1.54, 1.807) is 0 Å². The van der Waals surface area contributed by atoms with Crippen molar-refractivity contribution in [2.45, 2.75) is 45.6 Å². The van der Waals surface area contributed by atoms with E-state index in [1.807, 2.05) is 7.05 Å². The molecule has 1 fully saturated rings. The summed E-state index contributed by atoms with van der Waals surface area (Å²) >= 11 is 0. The van der Waals surface area contributed by atoms with E-state index in [9.17, 15) is 4.79 Å². The molecule has 0 saturated carbocycles. The zero-order valence-electron chi connectivity index (χ0n) is 14.0. The third kappa shape index (κ3) is 5.29. The van der Waals surface area contributed by atoms with Crippen molar-refractivity contribution in [3.8, 4) is 0 Å². The minimum atomic E-state index is 0. The van der Waals surface area contributed by atoms with Crippen molar-refractivity contribution in [3.63, 3.8) is 0 Å². The maximum atomic E-state index is 12.5. The molecule has 0 aliphatic carbocycles. The number of nitrogens with one attached hydrogen (secondary N) is 1. The first kappa shape index (κ1) is 19.0. The molecule has 3 nitrogen and oxygen atoms in total. The van der Waals surface area contributed by atoms with Crippen LogP contribution in [0.1, 0.15) is 37.8 Å². The summed E-state index contributed by atoms with van der Waals surface area (Å²) in [6, 6.07) is 8.93. The van der Waals surface area contributed by atoms with E-state index in [4.69, 9.17) is 0 Å². The molecule has 0 bridgehead atoms. The van der Waals surface area contributed by atoms with E-state index in [-0.39, 0.29) is 18.3 Å². The van der Waals surface area contributed by atoms with E-state index < -0.39 is 0 Å². The monoisotopic (exact) mass is 324 g/mol. The number of hydrogen-bond acceptors (Lipinski definition) is 2. The fraction of sp³-hybridized carbons (Fsp3) is 0.611. The number of benzene rings is 1. The summed E-state index contributed by atoms with van der Waals surface area (Å²) < 4.78 is 0. The Hall–Kier alpha value is -1.06. The summed E-state index contributed by atoms with van der Waals surface area (Å²) in [5.41, 5.74) is 2.48. The SMILES string of the molecule is CNCC1CCCN1C(=O)Cc1ccc(CC(C)C)cc1.Cl. The minimum Gasteiger partial charge on any atom is -0.338 e. The average molecular weight is 325 g/mol. The molecule has 1 amide bonds.